The Balaban J connectivity index is 3.33. The van der Waals surface area contributed by atoms with Crippen LogP contribution in [0, 0.1) is 0 Å². The Kier molecular flexibility index (Phi) is 3.36. The summed E-state index contributed by atoms with van der Waals surface area (Å²) in [7, 11) is -3.37. The Labute approximate surface area is 93.2 Å². The minimum Gasteiger partial charge on any atom is -0.325 e. The van der Waals surface area contributed by atoms with E-state index in [9.17, 15) is 13.2 Å². The van der Waals surface area contributed by atoms with Crippen molar-refractivity contribution in [3.05, 3.63) is 23.2 Å². The molecule has 0 bridgehead atoms. The quantitative estimate of drug-likeness (QED) is 0.865. The number of hydrogen-bond acceptors (Lipinski definition) is 3. The Bertz CT molecular complexity index is 496. The van der Waals surface area contributed by atoms with Crippen LogP contribution in [0.15, 0.2) is 23.1 Å². The first-order chi connectivity index (χ1) is 6.80. The Hall–Kier alpha value is -1.07. The van der Waals surface area contributed by atoms with Gasteiger partial charge in [0, 0.05) is 18.2 Å². The maximum absolute atomic E-state index is 11.4. The van der Waals surface area contributed by atoms with Gasteiger partial charge in [-0.1, -0.05) is 11.6 Å². The lowest BCUT2D eigenvalue weighted by Crippen LogP contribution is -2.10. The highest BCUT2D eigenvalue weighted by atomic mass is 35.5. The first kappa shape index (κ1) is 12.0. The van der Waals surface area contributed by atoms with Gasteiger partial charge in [0.2, 0.25) is 5.91 Å². The second-order valence-electron chi connectivity index (χ2n) is 3.09. The Morgan fingerprint density at radius 3 is 2.47 bits per heavy atom. The zero-order valence-electron chi connectivity index (χ0n) is 8.24. The number of amides is 1. The molecule has 1 amide bonds. The summed E-state index contributed by atoms with van der Waals surface area (Å²) in [5.74, 6) is -0.345. The average Bonchev–Trinajstić information content (AvgIpc) is 1.99. The van der Waals surface area contributed by atoms with Gasteiger partial charge in [-0.15, -0.1) is 0 Å². The van der Waals surface area contributed by atoms with Crippen molar-refractivity contribution >= 4 is 33.0 Å². The molecule has 0 saturated carbocycles. The molecular weight excluding hydrogens is 238 g/mol. The summed E-state index contributed by atoms with van der Waals surface area (Å²) in [5, 5.41) is 2.79. The number of hydrogen-bond donors (Lipinski definition) is 1. The smallest absolute Gasteiger partial charge is 0.221 e. The summed E-state index contributed by atoms with van der Waals surface area (Å²) < 4.78 is 22.7. The van der Waals surface area contributed by atoms with Gasteiger partial charge in [0.05, 0.1) is 10.6 Å². The van der Waals surface area contributed by atoms with Gasteiger partial charge < -0.3 is 5.32 Å². The normalized spacial score (nSPS) is 11.1. The third-order valence-corrected chi connectivity index (χ3v) is 3.04. The molecule has 1 aromatic rings. The van der Waals surface area contributed by atoms with E-state index >= 15 is 0 Å². The van der Waals surface area contributed by atoms with Crippen LogP contribution in [0.25, 0.3) is 0 Å². The van der Waals surface area contributed by atoms with Crippen molar-refractivity contribution < 1.29 is 13.2 Å². The highest BCUT2D eigenvalue weighted by Crippen LogP contribution is 2.24. The van der Waals surface area contributed by atoms with E-state index < -0.39 is 9.84 Å². The fourth-order valence-corrected chi connectivity index (χ4v) is 2.11. The van der Waals surface area contributed by atoms with E-state index in [1.165, 1.54) is 25.1 Å². The lowest BCUT2D eigenvalue weighted by atomic mass is 10.3. The zero-order valence-corrected chi connectivity index (χ0v) is 9.82. The van der Waals surface area contributed by atoms with Gasteiger partial charge in [0.25, 0.3) is 0 Å². The number of anilines is 1. The highest BCUT2D eigenvalue weighted by molar-refractivity contribution is 7.90. The number of carbonyl (C=O) groups excluding carboxylic acids is 1. The molecule has 0 spiro atoms. The molecule has 0 aliphatic carbocycles. The van der Waals surface area contributed by atoms with Gasteiger partial charge >= 0.3 is 0 Å². The fourth-order valence-electron chi connectivity index (χ4n) is 1.11. The molecule has 1 aromatic carbocycles. The number of rotatable bonds is 2. The molecule has 0 aliphatic rings. The number of nitrogens with one attached hydrogen (secondary N) is 1. The molecule has 0 atom stereocenters. The third-order valence-electron chi connectivity index (χ3n) is 1.65. The highest BCUT2D eigenvalue weighted by Gasteiger charge is 2.14. The van der Waals surface area contributed by atoms with E-state index in [1.807, 2.05) is 0 Å². The van der Waals surface area contributed by atoms with E-state index in [0.717, 1.165) is 6.26 Å². The zero-order chi connectivity index (χ0) is 11.6. The molecule has 0 heterocycles. The summed E-state index contributed by atoms with van der Waals surface area (Å²) in [6.45, 7) is 1.30. The molecule has 0 saturated heterocycles. The Morgan fingerprint density at radius 1 is 1.40 bits per heavy atom. The minimum absolute atomic E-state index is 0.0575. The number of sulfone groups is 1. The standard InChI is InChI=1S/C9H10ClNO3S/c1-6(12)11-8-5-7(10)3-4-9(8)15(2,13)14/h3-5H,1-2H3,(H,11,12). The number of halogens is 1. The second kappa shape index (κ2) is 4.20. The lowest BCUT2D eigenvalue weighted by Gasteiger charge is -2.08. The van der Waals surface area contributed by atoms with Crippen molar-refractivity contribution in [1.82, 2.24) is 0 Å². The SMILES string of the molecule is CC(=O)Nc1cc(Cl)ccc1S(C)(=O)=O. The molecule has 6 heteroatoms. The van der Waals surface area contributed by atoms with Gasteiger partial charge in [0.15, 0.2) is 9.84 Å². The lowest BCUT2D eigenvalue weighted by molar-refractivity contribution is -0.114. The van der Waals surface area contributed by atoms with Crippen LogP contribution in [0.1, 0.15) is 6.92 Å². The molecular formula is C9H10ClNO3S. The van der Waals surface area contributed by atoms with E-state index in [0.29, 0.717) is 5.02 Å². The van der Waals surface area contributed by atoms with Gasteiger partial charge in [-0.3, -0.25) is 4.79 Å². The average molecular weight is 248 g/mol. The summed E-state index contributed by atoms with van der Waals surface area (Å²) >= 11 is 5.70. The third kappa shape index (κ3) is 3.21. The molecule has 0 unspecified atom stereocenters. The van der Waals surface area contributed by atoms with Crippen LogP contribution in [0.4, 0.5) is 5.69 Å². The van der Waals surface area contributed by atoms with Crippen molar-refractivity contribution in [2.75, 3.05) is 11.6 Å². The minimum atomic E-state index is -3.37. The van der Waals surface area contributed by atoms with Crippen molar-refractivity contribution in [2.24, 2.45) is 0 Å². The molecule has 0 aromatic heterocycles. The first-order valence-corrected chi connectivity index (χ1v) is 6.35. The number of benzene rings is 1. The first-order valence-electron chi connectivity index (χ1n) is 4.08. The van der Waals surface area contributed by atoms with Crippen LogP contribution in [0.2, 0.25) is 5.02 Å². The topological polar surface area (TPSA) is 63.2 Å². The number of carbonyl (C=O) groups is 1. The summed E-state index contributed by atoms with van der Waals surface area (Å²) in [6.07, 6.45) is 1.07. The summed E-state index contributed by atoms with van der Waals surface area (Å²) in [5.41, 5.74) is 0.206. The Morgan fingerprint density at radius 2 is 2.00 bits per heavy atom. The molecule has 0 fully saturated rings. The second-order valence-corrected chi connectivity index (χ2v) is 5.51. The van der Waals surface area contributed by atoms with Gasteiger partial charge in [0.1, 0.15) is 0 Å². The monoisotopic (exact) mass is 247 g/mol. The predicted molar refractivity (Wildman–Crippen MR) is 58.9 cm³/mol. The molecule has 15 heavy (non-hydrogen) atoms. The van der Waals surface area contributed by atoms with Crippen LogP contribution >= 0.6 is 11.6 Å². The maximum atomic E-state index is 11.4. The van der Waals surface area contributed by atoms with E-state index in [2.05, 4.69) is 5.32 Å². The summed E-state index contributed by atoms with van der Waals surface area (Å²) in [4.78, 5) is 10.9. The van der Waals surface area contributed by atoms with Crippen LogP contribution in [0.5, 0.6) is 0 Å². The van der Waals surface area contributed by atoms with Crippen LogP contribution in [-0.4, -0.2) is 20.6 Å². The largest absolute Gasteiger partial charge is 0.325 e. The van der Waals surface area contributed by atoms with Crippen LogP contribution in [-0.2, 0) is 14.6 Å². The van der Waals surface area contributed by atoms with Crippen molar-refractivity contribution in [3.8, 4) is 0 Å². The van der Waals surface area contributed by atoms with Gasteiger partial charge in [-0.05, 0) is 18.2 Å². The van der Waals surface area contributed by atoms with Crippen LogP contribution < -0.4 is 5.32 Å². The van der Waals surface area contributed by atoms with Crippen LogP contribution in [0.3, 0.4) is 0 Å². The van der Waals surface area contributed by atoms with Crippen molar-refractivity contribution in [1.29, 1.82) is 0 Å². The predicted octanol–water partition coefficient (Wildman–Crippen LogP) is 1.70. The van der Waals surface area contributed by atoms with E-state index in [-0.39, 0.29) is 16.5 Å². The molecule has 4 nitrogen and oxygen atoms in total. The molecule has 82 valence electrons. The molecule has 1 rings (SSSR count). The van der Waals surface area contributed by atoms with E-state index in [1.54, 1.807) is 0 Å². The van der Waals surface area contributed by atoms with Crippen molar-refractivity contribution in [3.63, 3.8) is 0 Å². The molecule has 0 radical (unpaired) electrons. The summed E-state index contributed by atoms with van der Waals surface area (Å²) in [6, 6.07) is 4.23. The van der Waals surface area contributed by atoms with E-state index in [4.69, 9.17) is 11.6 Å². The fraction of sp³-hybridized carbons (Fsp3) is 0.222. The maximum Gasteiger partial charge on any atom is 0.221 e. The van der Waals surface area contributed by atoms with Gasteiger partial charge in [-0.25, -0.2) is 8.42 Å². The van der Waals surface area contributed by atoms with Crippen molar-refractivity contribution in [2.45, 2.75) is 11.8 Å². The molecule has 0 aliphatic heterocycles. The molecule has 1 N–H and O–H groups in total. The van der Waals surface area contributed by atoms with Gasteiger partial charge in [-0.2, -0.15) is 0 Å².